The molecule has 1 heterocycles. The van der Waals surface area contributed by atoms with Crippen LogP contribution in [0.5, 0.6) is 0 Å². The smallest absolute Gasteiger partial charge is 0.313 e. The predicted octanol–water partition coefficient (Wildman–Crippen LogP) is 0.823. The zero-order valence-electron chi connectivity index (χ0n) is 8.04. The number of imide groups is 1. The molecule has 1 aliphatic carbocycles. The van der Waals surface area contributed by atoms with Crippen molar-refractivity contribution in [1.29, 1.82) is 0 Å². The molecule has 2 fully saturated rings. The maximum atomic E-state index is 11.8. The van der Waals surface area contributed by atoms with E-state index in [0.717, 1.165) is 25.7 Å². The third-order valence-electron chi connectivity index (χ3n) is 3.35. The van der Waals surface area contributed by atoms with Gasteiger partial charge in [-0.1, -0.05) is 12.8 Å². The Bertz CT molecular complexity index is 269. The fourth-order valence-corrected chi connectivity index (χ4v) is 2.46. The number of nitrogens with zero attached hydrogens (tertiary/aromatic N) is 2. The number of carbonyl (C=O) groups is 2. The van der Waals surface area contributed by atoms with E-state index in [1.54, 1.807) is 19.0 Å². The summed E-state index contributed by atoms with van der Waals surface area (Å²) in [5, 5.41) is 0. The second-order valence-corrected chi connectivity index (χ2v) is 3.94. The van der Waals surface area contributed by atoms with Gasteiger partial charge in [-0.05, 0) is 12.8 Å². The molecule has 2 aliphatic rings. The van der Waals surface area contributed by atoms with Crippen molar-refractivity contribution in [3.8, 4) is 0 Å². The van der Waals surface area contributed by atoms with E-state index in [1.165, 1.54) is 4.90 Å². The first-order chi connectivity index (χ1) is 6.09. The molecule has 1 spiro atoms. The number of hydrogen-bond donors (Lipinski definition) is 0. The van der Waals surface area contributed by atoms with Crippen molar-refractivity contribution in [2.24, 2.45) is 0 Å². The summed E-state index contributed by atoms with van der Waals surface area (Å²) >= 11 is 0. The van der Waals surface area contributed by atoms with Crippen molar-refractivity contribution in [2.75, 3.05) is 14.1 Å². The van der Waals surface area contributed by atoms with Gasteiger partial charge in [0, 0.05) is 14.1 Å². The molecule has 0 N–H and O–H groups in total. The van der Waals surface area contributed by atoms with Gasteiger partial charge >= 0.3 is 6.03 Å². The van der Waals surface area contributed by atoms with Crippen molar-refractivity contribution >= 4 is 11.9 Å². The van der Waals surface area contributed by atoms with E-state index in [9.17, 15) is 9.59 Å². The first-order valence-corrected chi connectivity index (χ1v) is 4.65. The van der Waals surface area contributed by atoms with E-state index in [0.29, 0.717) is 0 Å². The quantitative estimate of drug-likeness (QED) is 0.520. The Balaban J connectivity index is 2.38. The van der Waals surface area contributed by atoms with Crippen LogP contribution < -0.4 is 0 Å². The molecule has 1 aliphatic heterocycles. The third-order valence-corrected chi connectivity index (χ3v) is 3.35. The summed E-state index contributed by atoms with van der Waals surface area (Å²) < 4.78 is 0. The second-order valence-electron chi connectivity index (χ2n) is 3.94. The molecule has 0 radical (unpaired) electrons. The highest BCUT2D eigenvalue weighted by molar-refractivity contribution is 6.06. The average Bonchev–Trinajstić information content (AvgIpc) is 2.67. The molecule has 4 nitrogen and oxygen atoms in total. The summed E-state index contributed by atoms with van der Waals surface area (Å²) in [6, 6.07) is -0.160. The van der Waals surface area contributed by atoms with Gasteiger partial charge in [-0.2, -0.15) is 0 Å². The lowest BCUT2D eigenvalue weighted by Gasteiger charge is -2.27. The maximum absolute atomic E-state index is 11.8. The second kappa shape index (κ2) is 2.47. The topological polar surface area (TPSA) is 40.6 Å². The lowest BCUT2D eigenvalue weighted by atomic mass is 9.96. The molecule has 1 saturated heterocycles. The van der Waals surface area contributed by atoms with Gasteiger partial charge in [0.2, 0.25) is 0 Å². The van der Waals surface area contributed by atoms with Crippen LogP contribution in [0.4, 0.5) is 4.79 Å². The minimum atomic E-state index is -0.480. The minimum absolute atomic E-state index is 0.0162. The Morgan fingerprint density at radius 3 is 2.08 bits per heavy atom. The fraction of sp³-hybridized carbons (Fsp3) is 0.778. The SMILES string of the molecule is CN1C(=O)N(C)C2(CCCC2)C1=O. The van der Waals surface area contributed by atoms with Crippen LogP contribution in [0.15, 0.2) is 0 Å². The Morgan fingerprint density at radius 1 is 1.15 bits per heavy atom. The predicted molar refractivity (Wildman–Crippen MR) is 47.1 cm³/mol. The van der Waals surface area contributed by atoms with Gasteiger partial charge < -0.3 is 4.90 Å². The summed E-state index contributed by atoms with van der Waals surface area (Å²) in [7, 11) is 3.29. The highest BCUT2D eigenvalue weighted by Gasteiger charge is 2.55. The number of urea groups is 1. The van der Waals surface area contributed by atoms with E-state index in [2.05, 4.69) is 0 Å². The molecule has 0 aromatic heterocycles. The van der Waals surface area contributed by atoms with Crippen molar-refractivity contribution < 1.29 is 9.59 Å². The lowest BCUT2D eigenvalue weighted by molar-refractivity contribution is -0.131. The molecule has 0 unspecified atom stereocenters. The van der Waals surface area contributed by atoms with Crippen LogP contribution in [0.25, 0.3) is 0 Å². The van der Waals surface area contributed by atoms with E-state index in [4.69, 9.17) is 0 Å². The molecule has 0 aromatic carbocycles. The minimum Gasteiger partial charge on any atom is -0.313 e. The Kier molecular flexibility index (Phi) is 1.62. The zero-order chi connectivity index (χ0) is 9.64. The number of carbonyl (C=O) groups excluding carboxylic acids is 2. The Labute approximate surface area is 77.5 Å². The molecule has 0 atom stereocenters. The van der Waals surface area contributed by atoms with Gasteiger partial charge in [0.15, 0.2) is 0 Å². The van der Waals surface area contributed by atoms with Gasteiger partial charge in [-0.25, -0.2) is 4.79 Å². The van der Waals surface area contributed by atoms with E-state index in [1.807, 2.05) is 0 Å². The normalized spacial score (nSPS) is 26.6. The largest absolute Gasteiger partial charge is 0.327 e. The van der Waals surface area contributed by atoms with Crippen LogP contribution in [0, 0.1) is 0 Å². The monoisotopic (exact) mass is 182 g/mol. The molecule has 0 bridgehead atoms. The van der Waals surface area contributed by atoms with Gasteiger partial charge in [-0.3, -0.25) is 9.69 Å². The Morgan fingerprint density at radius 2 is 1.69 bits per heavy atom. The van der Waals surface area contributed by atoms with Gasteiger partial charge in [0.1, 0.15) is 5.54 Å². The highest BCUT2D eigenvalue weighted by atomic mass is 16.2. The van der Waals surface area contributed by atoms with Crippen LogP contribution in [-0.2, 0) is 4.79 Å². The lowest BCUT2D eigenvalue weighted by Crippen LogP contribution is -2.45. The standard InChI is InChI=1S/C9H14N2O2/c1-10-7(12)9(5-3-4-6-9)11(2)8(10)13/h3-6H2,1-2H3. The van der Waals surface area contributed by atoms with Crippen molar-refractivity contribution in [3.05, 3.63) is 0 Å². The molecular formula is C9H14N2O2. The number of likely N-dealkylation sites (N-methyl/N-ethyl adjacent to an activating group) is 2. The average molecular weight is 182 g/mol. The first-order valence-electron chi connectivity index (χ1n) is 4.65. The summed E-state index contributed by atoms with van der Waals surface area (Å²) in [5.41, 5.74) is -0.480. The molecule has 0 aromatic rings. The summed E-state index contributed by atoms with van der Waals surface area (Å²) in [6.45, 7) is 0. The van der Waals surface area contributed by atoms with Crippen LogP contribution in [0.3, 0.4) is 0 Å². The van der Waals surface area contributed by atoms with Crippen LogP contribution >= 0.6 is 0 Å². The maximum Gasteiger partial charge on any atom is 0.327 e. The fourth-order valence-electron chi connectivity index (χ4n) is 2.46. The van der Waals surface area contributed by atoms with Crippen LogP contribution in [0.2, 0.25) is 0 Å². The first kappa shape index (κ1) is 8.53. The molecule has 72 valence electrons. The van der Waals surface area contributed by atoms with Gasteiger partial charge in [-0.15, -0.1) is 0 Å². The number of rotatable bonds is 0. The molecule has 1 saturated carbocycles. The molecule has 3 amide bonds. The molecule has 4 heteroatoms. The van der Waals surface area contributed by atoms with Crippen molar-refractivity contribution in [1.82, 2.24) is 9.80 Å². The summed E-state index contributed by atoms with van der Waals surface area (Å²) in [6.07, 6.45) is 3.77. The Hall–Kier alpha value is -1.06. The molecule has 13 heavy (non-hydrogen) atoms. The number of hydrogen-bond acceptors (Lipinski definition) is 2. The van der Waals surface area contributed by atoms with Crippen molar-refractivity contribution in [3.63, 3.8) is 0 Å². The van der Waals surface area contributed by atoms with E-state index in [-0.39, 0.29) is 11.9 Å². The molecular weight excluding hydrogens is 168 g/mol. The van der Waals surface area contributed by atoms with E-state index >= 15 is 0 Å². The number of amides is 3. The van der Waals surface area contributed by atoms with Crippen LogP contribution in [-0.4, -0.2) is 41.4 Å². The van der Waals surface area contributed by atoms with E-state index < -0.39 is 5.54 Å². The highest BCUT2D eigenvalue weighted by Crippen LogP contribution is 2.40. The molecule has 2 rings (SSSR count). The summed E-state index contributed by atoms with van der Waals surface area (Å²) in [4.78, 5) is 26.2. The zero-order valence-corrected chi connectivity index (χ0v) is 8.04. The van der Waals surface area contributed by atoms with Crippen LogP contribution in [0.1, 0.15) is 25.7 Å². The third kappa shape index (κ3) is 0.857. The van der Waals surface area contributed by atoms with Gasteiger partial charge in [0.05, 0.1) is 0 Å². The van der Waals surface area contributed by atoms with Crippen molar-refractivity contribution in [2.45, 2.75) is 31.2 Å². The van der Waals surface area contributed by atoms with Gasteiger partial charge in [0.25, 0.3) is 5.91 Å². The summed E-state index contributed by atoms with van der Waals surface area (Å²) in [5.74, 6) is -0.0162.